The van der Waals surface area contributed by atoms with Gasteiger partial charge in [0, 0.05) is 27.6 Å². The molecule has 2 aromatic rings. The van der Waals surface area contributed by atoms with Gasteiger partial charge in [-0.3, -0.25) is 0 Å². The van der Waals surface area contributed by atoms with Crippen molar-refractivity contribution in [2.75, 3.05) is 5.73 Å². The fraction of sp³-hybridized carbons (Fsp3) is 0.0833. The van der Waals surface area contributed by atoms with Crippen molar-refractivity contribution >= 4 is 35.0 Å². The number of nitrogens with two attached hydrogens (primary N) is 1. The summed E-state index contributed by atoms with van der Waals surface area (Å²) in [5, 5.41) is 9.61. The molecule has 0 aliphatic heterocycles. The highest BCUT2D eigenvalue weighted by molar-refractivity contribution is 7.98. The number of nitrogens with zero attached hydrogens (tertiary/aromatic N) is 2. The van der Waals surface area contributed by atoms with E-state index in [0.717, 1.165) is 4.90 Å². The van der Waals surface area contributed by atoms with Gasteiger partial charge >= 0.3 is 5.97 Å². The van der Waals surface area contributed by atoms with Crippen molar-refractivity contribution in [1.82, 2.24) is 9.97 Å². The van der Waals surface area contributed by atoms with Gasteiger partial charge in [0.1, 0.15) is 11.9 Å². The van der Waals surface area contributed by atoms with Crippen LogP contribution in [0.3, 0.4) is 0 Å². The third-order valence-corrected chi connectivity index (χ3v) is 3.68. The van der Waals surface area contributed by atoms with E-state index in [4.69, 9.17) is 22.4 Å². The van der Waals surface area contributed by atoms with Gasteiger partial charge in [0.05, 0.1) is 5.69 Å². The number of aromatic carboxylic acids is 1. The lowest BCUT2D eigenvalue weighted by Crippen LogP contribution is -2.04. The largest absolute Gasteiger partial charge is 0.478 e. The van der Waals surface area contributed by atoms with Gasteiger partial charge in [-0.05, 0) is 18.2 Å². The number of rotatable bonds is 4. The first kappa shape index (κ1) is 13.6. The van der Waals surface area contributed by atoms with E-state index in [2.05, 4.69) is 9.97 Å². The first-order chi connectivity index (χ1) is 9.08. The van der Waals surface area contributed by atoms with Crippen LogP contribution in [-0.4, -0.2) is 21.0 Å². The first-order valence-electron chi connectivity index (χ1n) is 5.28. The highest BCUT2D eigenvalue weighted by Crippen LogP contribution is 2.30. The molecule has 1 heterocycles. The van der Waals surface area contributed by atoms with Gasteiger partial charge in [0.15, 0.2) is 0 Å². The summed E-state index contributed by atoms with van der Waals surface area (Å²) in [7, 11) is 0. The summed E-state index contributed by atoms with van der Waals surface area (Å²) in [4.78, 5) is 19.5. The van der Waals surface area contributed by atoms with Crippen molar-refractivity contribution in [3.05, 3.63) is 47.0 Å². The standard InChI is InChI=1S/C12H10ClN3O2S/c13-7-1-2-9(14)11(3-7)19-5-10-8(12(17)18)4-15-6-16-10/h1-4,6H,5,14H2,(H,17,18). The van der Waals surface area contributed by atoms with Crippen molar-refractivity contribution in [3.63, 3.8) is 0 Å². The molecule has 7 heteroatoms. The SMILES string of the molecule is Nc1ccc(Cl)cc1SCc1ncncc1C(=O)O. The molecule has 0 unspecified atom stereocenters. The maximum atomic E-state index is 11.0. The maximum Gasteiger partial charge on any atom is 0.339 e. The summed E-state index contributed by atoms with van der Waals surface area (Å²) in [6.07, 6.45) is 2.61. The molecule has 5 nitrogen and oxygen atoms in total. The number of carboxylic acids is 1. The molecule has 0 spiro atoms. The second kappa shape index (κ2) is 5.90. The molecule has 98 valence electrons. The van der Waals surface area contributed by atoms with Crippen LogP contribution in [0.1, 0.15) is 16.1 Å². The molecule has 0 bridgehead atoms. The number of carbonyl (C=O) groups is 1. The van der Waals surface area contributed by atoms with E-state index in [0.29, 0.717) is 22.2 Å². The third kappa shape index (κ3) is 3.36. The Morgan fingerprint density at radius 1 is 1.47 bits per heavy atom. The Kier molecular flexibility index (Phi) is 4.24. The molecular formula is C12H10ClN3O2S. The second-order valence-corrected chi connectivity index (χ2v) is 5.11. The van der Waals surface area contributed by atoms with Crippen LogP contribution < -0.4 is 5.73 Å². The summed E-state index contributed by atoms with van der Waals surface area (Å²) in [6.45, 7) is 0. The van der Waals surface area contributed by atoms with Gasteiger partial charge in [0.2, 0.25) is 0 Å². The molecule has 0 aliphatic rings. The zero-order chi connectivity index (χ0) is 13.8. The van der Waals surface area contributed by atoms with E-state index in [-0.39, 0.29) is 5.56 Å². The first-order valence-corrected chi connectivity index (χ1v) is 6.64. The second-order valence-electron chi connectivity index (χ2n) is 3.66. The predicted molar refractivity (Wildman–Crippen MR) is 74.4 cm³/mol. The average molecular weight is 296 g/mol. The smallest absolute Gasteiger partial charge is 0.339 e. The van der Waals surface area contributed by atoms with E-state index >= 15 is 0 Å². The van der Waals surface area contributed by atoms with Gasteiger partial charge in [-0.2, -0.15) is 0 Å². The van der Waals surface area contributed by atoms with Crippen molar-refractivity contribution in [3.8, 4) is 0 Å². The van der Waals surface area contributed by atoms with E-state index < -0.39 is 5.97 Å². The number of benzene rings is 1. The fourth-order valence-corrected chi connectivity index (χ4v) is 2.63. The Morgan fingerprint density at radius 3 is 3.00 bits per heavy atom. The van der Waals surface area contributed by atoms with E-state index in [9.17, 15) is 4.79 Å². The normalized spacial score (nSPS) is 10.4. The molecule has 19 heavy (non-hydrogen) atoms. The molecule has 0 amide bonds. The Bertz CT molecular complexity index is 622. The lowest BCUT2D eigenvalue weighted by Gasteiger charge is -2.07. The molecule has 2 rings (SSSR count). The topological polar surface area (TPSA) is 89.1 Å². The van der Waals surface area contributed by atoms with Crippen molar-refractivity contribution < 1.29 is 9.90 Å². The van der Waals surface area contributed by atoms with Crippen LogP contribution in [0.15, 0.2) is 35.6 Å². The molecule has 0 atom stereocenters. The molecule has 1 aromatic carbocycles. The Morgan fingerprint density at radius 2 is 2.26 bits per heavy atom. The monoisotopic (exact) mass is 295 g/mol. The van der Waals surface area contributed by atoms with Crippen molar-refractivity contribution in [1.29, 1.82) is 0 Å². The minimum Gasteiger partial charge on any atom is -0.478 e. The van der Waals surface area contributed by atoms with Gasteiger partial charge in [-0.1, -0.05) is 11.6 Å². The number of thioether (sulfide) groups is 1. The highest BCUT2D eigenvalue weighted by atomic mass is 35.5. The zero-order valence-electron chi connectivity index (χ0n) is 9.71. The lowest BCUT2D eigenvalue weighted by atomic mass is 10.2. The molecule has 0 saturated carbocycles. The van der Waals surface area contributed by atoms with E-state index in [1.54, 1.807) is 18.2 Å². The minimum atomic E-state index is -1.05. The molecule has 3 N–H and O–H groups in total. The van der Waals surface area contributed by atoms with E-state index in [1.165, 1.54) is 24.3 Å². The maximum absolute atomic E-state index is 11.0. The number of nitrogen functional groups attached to an aromatic ring is 1. The van der Waals surface area contributed by atoms with Crippen LogP contribution in [0, 0.1) is 0 Å². The van der Waals surface area contributed by atoms with Crippen LogP contribution >= 0.6 is 23.4 Å². The third-order valence-electron chi connectivity index (χ3n) is 2.37. The quantitative estimate of drug-likeness (QED) is 0.666. The minimum absolute atomic E-state index is 0.0931. The Hall–Kier alpha value is -1.79. The molecule has 0 fully saturated rings. The van der Waals surface area contributed by atoms with Crippen LogP contribution in [0.5, 0.6) is 0 Å². The predicted octanol–water partition coefficient (Wildman–Crippen LogP) is 2.70. The number of carboxylic acid groups (broad SMARTS) is 1. The van der Waals surface area contributed by atoms with Crippen LogP contribution in [0.4, 0.5) is 5.69 Å². The van der Waals surface area contributed by atoms with Crippen LogP contribution in [0.25, 0.3) is 0 Å². The zero-order valence-corrected chi connectivity index (χ0v) is 11.3. The summed E-state index contributed by atoms with van der Waals surface area (Å²) in [5.74, 6) is -0.662. The van der Waals surface area contributed by atoms with Crippen molar-refractivity contribution in [2.24, 2.45) is 0 Å². The summed E-state index contributed by atoms with van der Waals surface area (Å²) in [5.41, 5.74) is 6.96. The Balaban J connectivity index is 2.19. The molecule has 1 aromatic heterocycles. The van der Waals surface area contributed by atoms with Crippen molar-refractivity contribution in [2.45, 2.75) is 10.6 Å². The number of anilines is 1. The van der Waals surface area contributed by atoms with Gasteiger partial charge in [-0.25, -0.2) is 14.8 Å². The van der Waals surface area contributed by atoms with E-state index in [1.807, 2.05) is 0 Å². The molecule has 0 radical (unpaired) electrons. The highest BCUT2D eigenvalue weighted by Gasteiger charge is 2.12. The summed E-state index contributed by atoms with van der Waals surface area (Å²) < 4.78 is 0. The van der Waals surface area contributed by atoms with Crippen LogP contribution in [-0.2, 0) is 5.75 Å². The summed E-state index contributed by atoms with van der Waals surface area (Å²) in [6, 6.07) is 5.15. The van der Waals surface area contributed by atoms with Gasteiger partial charge in [-0.15, -0.1) is 11.8 Å². The molecular weight excluding hydrogens is 286 g/mol. The lowest BCUT2D eigenvalue weighted by molar-refractivity contribution is 0.0695. The molecule has 0 saturated heterocycles. The van der Waals surface area contributed by atoms with Gasteiger partial charge in [0.25, 0.3) is 0 Å². The van der Waals surface area contributed by atoms with Crippen LogP contribution in [0.2, 0.25) is 5.02 Å². The summed E-state index contributed by atoms with van der Waals surface area (Å²) >= 11 is 7.27. The Labute approximate surface area is 118 Å². The number of aromatic nitrogens is 2. The number of hydrogen-bond donors (Lipinski definition) is 2. The average Bonchev–Trinajstić information content (AvgIpc) is 2.40. The van der Waals surface area contributed by atoms with Gasteiger partial charge < -0.3 is 10.8 Å². The number of halogens is 1. The molecule has 0 aliphatic carbocycles. The number of hydrogen-bond acceptors (Lipinski definition) is 5. The fourth-order valence-electron chi connectivity index (χ4n) is 1.43.